The second-order valence-corrected chi connectivity index (χ2v) is 7.02. The molecule has 1 fully saturated rings. The first-order valence-electron chi connectivity index (χ1n) is 8.88. The smallest absolute Gasteiger partial charge is 0.319 e. The number of aryl methyl sites for hydroxylation is 3. The molecule has 136 valence electrons. The highest BCUT2D eigenvalue weighted by Crippen LogP contribution is 2.24. The Balaban J connectivity index is 1.67. The van der Waals surface area contributed by atoms with Crippen LogP contribution >= 0.6 is 0 Å². The van der Waals surface area contributed by atoms with Gasteiger partial charge in [-0.15, -0.1) is 0 Å². The highest BCUT2D eigenvalue weighted by molar-refractivity contribution is 6.02. The molecule has 0 aliphatic carbocycles. The van der Waals surface area contributed by atoms with Gasteiger partial charge in [0, 0.05) is 17.9 Å². The Labute approximate surface area is 154 Å². The van der Waals surface area contributed by atoms with E-state index in [9.17, 15) is 9.59 Å². The zero-order valence-corrected chi connectivity index (χ0v) is 15.7. The Hall–Kier alpha value is -2.82. The molecule has 1 aliphatic heterocycles. The number of hydrogen-bond donors (Lipinski definition) is 2. The van der Waals surface area contributed by atoms with Crippen LogP contribution in [0.5, 0.6) is 0 Å². The van der Waals surface area contributed by atoms with Gasteiger partial charge >= 0.3 is 6.03 Å². The summed E-state index contributed by atoms with van der Waals surface area (Å²) in [7, 11) is 0. The lowest BCUT2D eigenvalue weighted by Crippen LogP contribution is -2.43. The van der Waals surface area contributed by atoms with Crippen molar-refractivity contribution in [3.05, 3.63) is 58.7 Å². The van der Waals surface area contributed by atoms with Gasteiger partial charge in [-0.05, 0) is 74.6 Å². The van der Waals surface area contributed by atoms with Crippen molar-refractivity contribution >= 4 is 23.3 Å². The molecule has 3 amide bonds. The minimum absolute atomic E-state index is 0.0638. The summed E-state index contributed by atoms with van der Waals surface area (Å²) < 4.78 is 0. The average Bonchev–Trinajstić information content (AvgIpc) is 2.92. The van der Waals surface area contributed by atoms with Crippen LogP contribution in [0.1, 0.15) is 28.7 Å². The molecule has 0 bridgehead atoms. The Morgan fingerprint density at radius 1 is 1.08 bits per heavy atom. The van der Waals surface area contributed by atoms with Gasteiger partial charge in [-0.1, -0.05) is 18.2 Å². The number of benzene rings is 2. The van der Waals surface area contributed by atoms with E-state index in [1.54, 1.807) is 4.90 Å². The molecular weight excluding hydrogens is 326 g/mol. The summed E-state index contributed by atoms with van der Waals surface area (Å²) in [6.45, 7) is 8.61. The molecule has 5 nitrogen and oxygen atoms in total. The maximum absolute atomic E-state index is 12.7. The van der Waals surface area contributed by atoms with Gasteiger partial charge in [-0.2, -0.15) is 0 Å². The number of carbonyl (C=O) groups excluding carboxylic acids is 2. The Kier molecular flexibility index (Phi) is 4.98. The first kappa shape index (κ1) is 18.0. The van der Waals surface area contributed by atoms with Crippen molar-refractivity contribution in [1.82, 2.24) is 5.32 Å². The summed E-state index contributed by atoms with van der Waals surface area (Å²) in [5, 5.41) is 5.66. The second kappa shape index (κ2) is 7.20. The van der Waals surface area contributed by atoms with Gasteiger partial charge in [0.25, 0.3) is 0 Å². The maximum atomic E-state index is 12.7. The molecule has 0 unspecified atom stereocenters. The van der Waals surface area contributed by atoms with Crippen molar-refractivity contribution in [2.24, 2.45) is 0 Å². The van der Waals surface area contributed by atoms with Gasteiger partial charge in [0.15, 0.2) is 0 Å². The van der Waals surface area contributed by atoms with E-state index >= 15 is 0 Å². The van der Waals surface area contributed by atoms with Crippen LogP contribution in [0.3, 0.4) is 0 Å². The fourth-order valence-electron chi connectivity index (χ4n) is 3.38. The Bertz CT molecular complexity index is 840. The van der Waals surface area contributed by atoms with Crippen molar-refractivity contribution in [3.63, 3.8) is 0 Å². The second-order valence-electron chi connectivity index (χ2n) is 7.02. The third-order valence-electron chi connectivity index (χ3n) is 4.88. The van der Waals surface area contributed by atoms with Gasteiger partial charge in [0.05, 0.1) is 0 Å². The molecule has 1 heterocycles. The molecular formula is C21H25N3O2. The van der Waals surface area contributed by atoms with Crippen LogP contribution in [-0.2, 0) is 4.79 Å². The standard InChI is InChI=1S/C21H25N3O2/c1-13-10-14(2)12-17(11-13)24-9-8-19(20(24)25)23-21(26)22-18-7-5-6-15(3)16(18)4/h5-7,10-12,19H,8-9H2,1-4H3,(H2,22,23,26)/t19-/m0/s1. The van der Waals surface area contributed by atoms with Crippen LogP contribution in [-0.4, -0.2) is 24.5 Å². The predicted molar refractivity (Wildman–Crippen MR) is 105 cm³/mol. The summed E-state index contributed by atoms with van der Waals surface area (Å²) in [6.07, 6.45) is 0.603. The van der Waals surface area contributed by atoms with E-state index in [1.165, 1.54) is 0 Å². The average molecular weight is 351 g/mol. The first-order chi connectivity index (χ1) is 12.3. The van der Waals surface area contributed by atoms with Crippen molar-refractivity contribution in [2.75, 3.05) is 16.8 Å². The van der Waals surface area contributed by atoms with Gasteiger partial charge in [0.2, 0.25) is 5.91 Å². The predicted octanol–water partition coefficient (Wildman–Crippen LogP) is 3.85. The zero-order valence-electron chi connectivity index (χ0n) is 15.7. The number of urea groups is 1. The molecule has 1 atom stereocenters. The maximum Gasteiger partial charge on any atom is 0.319 e. The van der Waals surface area contributed by atoms with Gasteiger partial charge in [0.1, 0.15) is 6.04 Å². The van der Waals surface area contributed by atoms with E-state index in [2.05, 4.69) is 16.7 Å². The van der Waals surface area contributed by atoms with Crippen molar-refractivity contribution in [2.45, 2.75) is 40.2 Å². The summed E-state index contributed by atoms with van der Waals surface area (Å²) in [5.41, 5.74) is 6.04. The summed E-state index contributed by atoms with van der Waals surface area (Å²) >= 11 is 0. The molecule has 1 aliphatic rings. The van der Waals surface area contributed by atoms with Crippen LogP contribution in [0.15, 0.2) is 36.4 Å². The van der Waals surface area contributed by atoms with Crippen molar-refractivity contribution in [3.8, 4) is 0 Å². The molecule has 2 aromatic carbocycles. The molecule has 0 radical (unpaired) electrons. The third kappa shape index (κ3) is 3.72. The Morgan fingerprint density at radius 3 is 2.46 bits per heavy atom. The summed E-state index contributed by atoms with van der Waals surface area (Å²) in [6, 6.07) is 11.0. The van der Waals surface area contributed by atoms with Crippen LogP contribution in [0.2, 0.25) is 0 Å². The van der Waals surface area contributed by atoms with E-state index in [0.29, 0.717) is 13.0 Å². The van der Waals surface area contributed by atoms with Crippen LogP contribution < -0.4 is 15.5 Å². The number of rotatable bonds is 3. The number of amides is 3. The molecule has 2 aromatic rings. The molecule has 2 N–H and O–H groups in total. The SMILES string of the molecule is Cc1cc(C)cc(N2CC[C@H](NC(=O)Nc3cccc(C)c3C)C2=O)c1. The molecule has 0 saturated carbocycles. The lowest BCUT2D eigenvalue weighted by atomic mass is 10.1. The van der Waals surface area contributed by atoms with Gasteiger partial charge in [-0.25, -0.2) is 4.79 Å². The van der Waals surface area contributed by atoms with Gasteiger partial charge in [-0.3, -0.25) is 4.79 Å². The van der Waals surface area contributed by atoms with E-state index < -0.39 is 6.04 Å². The van der Waals surface area contributed by atoms with Crippen molar-refractivity contribution < 1.29 is 9.59 Å². The normalized spacial score (nSPS) is 16.7. The minimum atomic E-state index is -0.499. The molecule has 3 rings (SSSR count). The van der Waals surface area contributed by atoms with Gasteiger partial charge < -0.3 is 15.5 Å². The van der Waals surface area contributed by atoms with E-state index in [0.717, 1.165) is 33.6 Å². The molecule has 0 spiro atoms. The topological polar surface area (TPSA) is 61.4 Å². The number of anilines is 2. The quantitative estimate of drug-likeness (QED) is 0.882. The van der Waals surface area contributed by atoms with E-state index in [1.807, 2.05) is 58.0 Å². The fourth-order valence-corrected chi connectivity index (χ4v) is 3.38. The lowest BCUT2D eigenvalue weighted by Gasteiger charge is -2.19. The number of nitrogens with one attached hydrogen (secondary N) is 2. The Morgan fingerprint density at radius 2 is 1.77 bits per heavy atom. The monoisotopic (exact) mass is 351 g/mol. The molecule has 26 heavy (non-hydrogen) atoms. The third-order valence-corrected chi connectivity index (χ3v) is 4.88. The van der Waals surface area contributed by atoms with Crippen LogP contribution in [0, 0.1) is 27.7 Å². The summed E-state index contributed by atoms with van der Waals surface area (Å²) in [4.78, 5) is 26.8. The number of hydrogen-bond acceptors (Lipinski definition) is 2. The summed E-state index contributed by atoms with van der Waals surface area (Å²) in [5.74, 6) is -0.0638. The van der Waals surface area contributed by atoms with E-state index in [-0.39, 0.29) is 11.9 Å². The molecule has 0 aromatic heterocycles. The molecule has 5 heteroatoms. The fraction of sp³-hybridized carbons (Fsp3) is 0.333. The first-order valence-corrected chi connectivity index (χ1v) is 8.88. The highest BCUT2D eigenvalue weighted by atomic mass is 16.2. The van der Waals surface area contributed by atoms with E-state index in [4.69, 9.17) is 0 Å². The lowest BCUT2D eigenvalue weighted by molar-refractivity contribution is -0.118. The zero-order chi connectivity index (χ0) is 18.8. The van der Waals surface area contributed by atoms with Crippen LogP contribution in [0.4, 0.5) is 16.2 Å². The minimum Gasteiger partial charge on any atom is -0.326 e. The number of carbonyl (C=O) groups is 2. The number of nitrogens with zero attached hydrogens (tertiary/aromatic N) is 1. The highest BCUT2D eigenvalue weighted by Gasteiger charge is 2.33. The van der Waals surface area contributed by atoms with Crippen LogP contribution in [0.25, 0.3) is 0 Å². The largest absolute Gasteiger partial charge is 0.326 e. The van der Waals surface area contributed by atoms with Crippen molar-refractivity contribution in [1.29, 1.82) is 0 Å². The molecule has 1 saturated heterocycles.